The molecule has 0 radical (unpaired) electrons. The zero-order valence-electron chi connectivity index (χ0n) is 14.5. The summed E-state index contributed by atoms with van der Waals surface area (Å²) in [7, 11) is 0. The van der Waals surface area contributed by atoms with Gasteiger partial charge in [0.25, 0.3) is 5.91 Å². The smallest absolute Gasteiger partial charge is 0.272 e. The van der Waals surface area contributed by atoms with Gasteiger partial charge in [-0.05, 0) is 25.5 Å². The van der Waals surface area contributed by atoms with Crippen LogP contribution in [0.3, 0.4) is 0 Å². The normalized spacial score (nSPS) is 18.5. The van der Waals surface area contributed by atoms with Crippen LogP contribution in [0.25, 0.3) is 0 Å². The molecule has 1 aliphatic heterocycles. The van der Waals surface area contributed by atoms with Crippen molar-refractivity contribution in [1.82, 2.24) is 25.4 Å². The number of nitrogens with zero attached hydrogens (tertiary/aromatic N) is 3. The molecule has 1 aliphatic rings. The van der Waals surface area contributed by atoms with E-state index in [1.807, 2.05) is 10.9 Å². The van der Waals surface area contributed by atoms with Crippen molar-refractivity contribution in [3.8, 4) is 0 Å². The molecule has 2 aromatic rings. The Kier molecular flexibility index (Phi) is 5.01. The molecule has 1 saturated heterocycles. The summed E-state index contributed by atoms with van der Waals surface area (Å²) in [4.78, 5) is 16.9. The lowest BCUT2D eigenvalue weighted by atomic mass is 9.93. The van der Waals surface area contributed by atoms with Gasteiger partial charge in [0.1, 0.15) is 10.7 Å². The van der Waals surface area contributed by atoms with Crippen LogP contribution in [0.5, 0.6) is 0 Å². The average Bonchev–Trinajstić information content (AvgIpc) is 3.22. The van der Waals surface area contributed by atoms with Crippen molar-refractivity contribution in [3.05, 3.63) is 34.0 Å². The van der Waals surface area contributed by atoms with Crippen molar-refractivity contribution >= 4 is 17.2 Å². The highest BCUT2D eigenvalue weighted by Gasteiger charge is 2.19. The fourth-order valence-corrected chi connectivity index (χ4v) is 3.67. The maximum atomic E-state index is 12.3. The third-order valence-corrected chi connectivity index (χ3v) is 5.06. The number of aromatic nitrogens is 3. The Labute approximate surface area is 146 Å². The van der Waals surface area contributed by atoms with Gasteiger partial charge in [-0.2, -0.15) is 5.10 Å². The average molecular weight is 347 g/mol. The molecule has 0 spiro atoms. The van der Waals surface area contributed by atoms with E-state index in [1.165, 1.54) is 0 Å². The van der Waals surface area contributed by atoms with Crippen LogP contribution in [0.1, 0.15) is 60.8 Å². The number of thiazole rings is 1. The van der Waals surface area contributed by atoms with Crippen LogP contribution in [0, 0.1) is 0 Å². The van der Waals surface area contributed by atoms with E-state index in [2.05, 4.69) is 46.9 Å². The first kappa shape index (κ1) is 17.1. The van der Waals surface area contributed by atoms with Crippen LogP contribution in [0.4, 0.5) is 0 Å². The largest absolute Gasteiger partial charge is 0.344 e. The molecule has 130 valence electrons. The third-order valence-electron chi connectivity index (χ3n) is 4.21. The van der Waals surface area contributed by atoms with Gasteiger partial charge in [0.05, 0.1) is 18.3 Å². The summed E-state index contributed by atoms with van der Waals surface area (Å²) in [5.74, 6) is -0.148. The molecule has 2 N–H and O–H groups in total. The summed E-state index contributed by atoms with van der Waals surface area (Å²) >= 11 is 1.58. The molecular weight excluding hydrogens is 322 g/mol. The van der Waals surface area contributed by atoms with Gasteiger partial charge in [-0.3, -0.25) is 9.48 Å². The molecule has 1 unspecified atom stereocenters. The zero-order chi connectivity index (χ0) is 17.2. The number of hydrogen-bond donors (Lipinski definition) is 2. The van der Waals surface area contributed by atoms with Gasteiger partial charge in [-0.15, -0.1) is 11.3 Å². The maximum Gasteiger partial charge on any atom is 0.272 e. The minimum atomic E-state index is -0.148. The highest BCUT2D eigenvalue weighted by molar-refractivity contribution is 7.09. The standard InChI is InChI=1S/C17H25N5OS/c1-17(2,3)14-11-24-15(20-14)10-19-16(23)13-6-8-22(21-13)12-5-4-7-18-9-12/h6,8,11-12,18H,4-5,7,9-10H2,1-3H3,(H,19,23). The Hall–Kier alpha value is -1.73. The highest BCUT2D eigenvalue weighted by Crippen LogP contribution is 2.23. The van der Waals surface area contributed by atoms with E-state index in [4.69, 9.17) is 0 Å². The molecule has 6 nitrogen and oxygen atoms in total. The Bertz CT molecular complexity index is 694. The number of rotatable bonds is 4. The van der Waals surface area contributed by atoms with Gasteiger partial charge in [0.15, 0.2) is 0 Å². The van der Waals surface area contributed by atoms with Crippen LogP contribution in [-0.4, -0.2) is 33.8 Å². The second-order valence-electron chi connectivity index (χ2n) is 7.24. The number of nitrogens with one attached hydrogen (secondary N) is 2. The molecule has 7 heteroatoms. The Morgan fingerprint density at radius 2 is 2.33 bits per heavy atom. The summed E-state index contributed by atoms with van der Waals surface area (Å²) in [5, 5.41) is 13.7. The molecule has 2 aromatic heterocycles. The first-order valence-corrected chi connectivity index (χ1v) is 9.30. The quantitative estimate of drug-likeness (QED) is 0.891. The minimum Gasteiger partial charge on any atom is -0.344 e. The van der Waals surface area contributed by atoms with E-state index in [0.29, 0.717) is 18.3 Å². The van der Waals surface area contributed by atoms with Crippen LogP contribution in [0.15, 0.2) is 17.6 Å². The molecule has 3 rings (SSSR count). The number of piperidine rings is 1. The summed E-state index contributed by atoms with van der Waals surface area (Å²) in [6.45, 7) is 8.83. The molecule has 0 saturated carbocycles. The Balaban J connectivity index is 1.57. The molecule has 0 aromatic carbocycles. The van der Waals surface area contributed by atoms with Gasteiger partial charge in [-0.1, -0.05) is 20.8 Å². The fraction of sp³-hybridized carbons (Fsp3) is 0.588. The summed E-state index contributed by atoms with van der Waals surface area (Å²) < 4.78 is 1.90. The first-order valence-electron chi connectivity index (χ1n) is 8.42. The van der Waals surface area contributed by atoms with Gasteiger partial charge in [-0.25, -0.2) is 4.98 Å². The second-order valence-corrected chi connectivity index (χ2v) is 8.18. The van der Waals surface area contributed by atoms with Crippen molar-refractivity contribution < 1.29 is 4.79 Å². The van der Waals surface area contributed by atoms with Crippen LogP contribution >= 0.6 is 11.3 Å². The summed E-state index contributed by atoms with van der Waals surface area (Å²) in [5.41, 5.74) is 1.56. The van der Waals surface area contributed by atoms with Crippen molar-refractivity contribution in [3.63, 3.8) is 0 Å². The second kappa shape index (κ2) is 7.03. The van der Waals surface area contributed by atoms with Crippen LogP contribution < -0.4 is 10.6 Å². The molecule has 3 heterocycles. The van der Waals surface area contributed by atoms with Gasteiger partial charge < -0.3 is 10.6 Å². The Morgan fingerprint density at radius 1 is 1.50 bits per heavy atom. The summed E-state index contributed by atoms with van der Waals surface area (Å²) in [6.07, 6.45) is 4.14. The van der Waals surface area contributed by atoms with E-state index >= 15 is 0 Å². The zero-order valence-corrected chi connectivity index (χ0v) is 15.3. The first-order chi connectivity index (χ1) is 11.4. The van der Waals surface area contributed by atoms with Crippen LogP contribution in [-0.2, 0) is 12.0 Å². The van der Waals surface area contributed by atoms with Gasteiger partial charge in [0.2, 0.25) is 0 Å². The third kappa shape index (κ3) is 4.02. The van der Waals surface area contributed by atoms with Crippen molar-refractivity contribution in [2.45, 2.75) is 51.6 Å². The monoisotopic (exact) mass is 347 g/mol. The van der Waals surface area contributed by atoms with E-state index < -0.39 is 0 Å². The van der Waals surface area contributed by atoms with Crippen molar-refractivity contribution in [2.24, 2.45) is 0 Å². The predicted octanol–water partition coefficient (Wildman–Crippen LogP) is 2.49. The number of carbonyl (C=O) groups excluding carboxylic acids is 1. The molecule has 1 amide bonds. The molecule has 24 heavy (non-hydrogen) atoms. The number of amides is 1. The number of hydrogen-bond acceptors (Lipinski definition) is 5. The van der Waals surface area contributed by atoms with Crippen LogP contribution in [0.2, 0.25) is 0 Å². The Morgan fingerprint density at radius 3 is 3.00 bits per heavy atom. The molecule has 1 fully saturated rings. The molecule has 0 bridgehead atoms. The molecule has 1 atom stereocenters. The van der Waals surface area contributed by atoms with E-state index in [1.54, 1.807) is 17.4 Å². The van der Waals surface area contributed by atoms with Crippen molar-refractivity contribution in [2.75, 3.05) is 13.1 Å². The lowest BCUT2D eigenvalue weighted by Crippen LogP contribution is -2.32. The predicted molar refractivity (Wildman–Crippen MR) is 95.4 cm³/mol. The SMILES string of the molecule is CC(C)(C)c1csc(CNC(=O)c2ccn(C3CCCNC3)n2)n1. The lowest BCUT2D eigenvalue weighted by molar-refractivity contribution is 0.0944. The van der Waals surface area contributed by atoms with Crippen molar-refractivity contribution in [1.29, 1.82) is 0 Å². The highest BCUT2D eigenvalue weighted by atomic mass is 32.1. The summed E-state index contributed by atoms with van der Waals surface area (Å²) in [6, 6.07) is 2.13. The van der Waals surface area contributed by atoms with E-state index in [9.17, 15) is 4.79 Å². The lowest BCUT2D eigenvalue weighted by Gasteiger charge is -2.22. The number of carbonyl (C=O) groups is 1. The molecular formula is C17H25N5OS. The minimum absolute atomic E-state index is 0.0333. The van der Waals surface area contributed by atoms with E-state index in [0.717, 1.165) is 36.6 Å². The topological polar surface area (TPSA) is 71.8 Å². The van der Waals surface area contributed by atoms with Gasteiger partial charge in [0, 0.05) is 23.5 Å². The fourth-order valence-electron chi connectivity index (χ4n) is 2.70. The van der Waals surface area contributed by atoms with E-state index in [-0.39, 0.29) is 11.3 Å². The van der Waals surface area contributed by atoms with Gasteiger partial charge >= 0.3 is 0 Å². The maximum absolute atomic E-state index is 12.3. The molecule has 0 aliphatic carbocycles.